The lowest BCUT2D eigenvalue weighted by Crippen LogP contribution is -2.58. The summed E-state index contributed by atoms with van der Waals surface area (Å²) in [7, 11) is 0. The van der Waals surface area contributed by atoms with Crippen molar-refractivity contribution in [3.63, 3.8) is 0 Å². The standard InChI is InChI=1S/C22H34O2/c1-4-22(24)13-15-7-8-17-18-6-5-10-20(18,2)11-9-19(17)21(15,3)12-16(22)14-23/h1,15-19,23-24H,5-14H2,2-3H3/t15?,16?,17-,18-,19+,20-,21-,22?/m0/s1. The molecule has 134 valence electrons. The fourth-order valence-electron chi connectivity index (χ4n) is 7.82. The van der Waals surface area contributed by atoms with Crippen LogP contribution in [0.5, 0.6) is 0 Å². The van der Waals surface area contributed by atoms with Gasteiger partial charge in [0, 0.05) is 12.5 Å². The van der Waals surface area contributed by atoms with Gasteiger partial charge >= 0.3 is 0 Å². The molecule has 0 bridgehead atoms. The first-order chi connectivity index (χ1) is 11.4. The van der Waals surface area contributed by atoms with Gasteiger partial charge in [0.15, 0.2) is 0 Å². The second-order valence-electron chi connectivity index (χ2n) is 10.1. The smallest absolute Gasteiger partial charge is 0.130 e. The molecule has 0 radical (unpaired) electrons. The molecular weight excluding hydrogens is 296 g/mol. The Hall–Kier alpha value is -0.520. The van der Waals surface area contributed by atoms with Crippen LogP contribution in [0.15, 0.2) is 0 Å². The average Bonchev–Trinajstić information content (AvgIpc) is 2.96. The van der Waals surface area contributed by atoms with Crippen LogP contribution in [0.1, 0.15) is 71.6 Å². The third-order valence-electron chi connectivity index (χ3n) is 9.24. The monoisotopic (exact) mass is 330 g/mol. The van der Waals surface area contributed by atoms with E-state index >= 15 is 0 Å². The highest BCUT2D eigenvalue weighted by atomic mass is 16.3. The van der Waals surface area contributed by atoms with E-state index in [-0.39, 0.29) is 17.9 Å². The van der Waals surface area contributed by atoms with E-state index in [2.05, 4.69) is 19.8 Å². The molecule has 3 unspecified atom stereocenters. The predicted octanol–water partition coefficient (Wildman–Crippen LogP) is 4.00. The molecule has 0 amide bonds. The Balaban J connectivity index is 1.64. The van der Waals surface area contributed by atoms with Gasteiger partial charge in [-0.3, -0.25) is 0 Å². The Morgan fingerprint density at radius 1 is 1.04 bits per heavy atom. The zero-order valence-electron chi connectivity index (χ0n) is 15.4. The van der Waals surface area contributed by atoms with Gasteiger partial charge in [0.2, 0.25) is 0 Å². The SMILES string of the molecule is C#CC1(O)CC2CC[C@@H]3[C@@H](CC[C@]4(C)CCC[C@@H]34)[C@@]2(C)CC1CO. The number of aliphatic hydroxyl groups excluding tert-OH is 1. The Morgan fingerprint density at radius 3 is 2.54 bits per heavy atom. The van der Waals surface area contributed by atoms with Gasteiger partial charge in [0.1, 0.15) is 5.60 Å². The molecule has 0 spiro atoms. The van der Waals surface area contributed by atoms with Gasteiger partial charge in [-0.2, -0.15) is 0 Å². The molecule has 2 heteroatoms. The second kappa shape index (κ2) is 5.49. The first-order valence-electron chi connectivity index (χ1n) is 10.2. The van der Waals surface area contributed by atoms with Crippen LogP contribution in [-0.2, 0) is 0 Å². The number of aliphatic hydroxyl groups is 2. The van der Waals surface area contributed by atoms with E-state index in [0.717, 1.165) is 24.2 Å². The van der Waals surface area contributed by atoms with Gasteiger partial charge in [-0.15, -0.1) is 6.42 Å². The summed E-state index contributed by atoms with van der Waals surface area (Å²) < 4.78 is 0. The molecule has 4 saturated carbocycles. The van der Waals surface area contributed by atoms with Crippen molar-refractivity contribution in [1.29, 1.82) is 0 Å². The molecule has 0 saturated heterocycles. The molecule has 0 aliphatic heterocycles. The van der Waals surface area contributed by atoms with E-state index < -0.39 is 5.60 Å². The second-order valence-corrected chi connectivity index (χ2v) is 10.1. The van der Waals surface area contributed by atoms with Crippen LogP contribution in [0.2, 0.25) is 0 Å². The lowest BCUT2D eigenvalue weighted by molar-refractivity contribution is -0.161. The van der Waals surface area contributed by atoms with Crippen LogP contribution in [-0.4, -0.2) is 22.4 Å². The van der Waals surface area contributed by atoms with Crippen molar-refractivity contribution >= 4 is 0 Å². The fourth-order valence-corrected chi connectivity index (χ4v) is 7.82. The normalized spacial score (nSPS) is 56.7. The molecule has 2 N–H and O–H groups in total. The van der Waals surface area contributed by atoms with Crippen molar-refractivity contribution in [3.8, 4) is 12.3 Å². The van der Waals surface area contributed by atoms with E-state index in [1.807, 2.05) is 0 Å². The molecule has 0 aromatic carbocycles. The number of rotatable bonds is 1. The van der Waals surface area contributed by atoms with Crippen molar-refractivity contribution in [2.24, 2.45) is 40.4 Å². The third-order valence-corrected chi connectivity index (χ3v) is 9.24. The van der Waals surface area contributed by atoms with Gasteiger partial charge in [-0.1, -0.05) is 26.2 Å². The van der Waals surface area contributed by atoms with Crippen molar-refractivity contribution in [3.05, 3.63) is 0 Å². The highest BCUT2D eigenvalue weighted by molar-refractivity contribution is 5.18. The zero-order valence-corrected chi connectivity index (χ0v) is 15.4. The first kappa shape index (κ1) is 16.9. The van der Waals surface area contributed by atoms with E-state index in [1.54, 1.807) is 0 Å². The molecule has 4 rings (SSSR count). The van der Waals surface area contributed by atoms with E-state index in [1.165, 1.54) is 44.9 Å². The van der Waals surface area contributed by atoms with E-state index in [4.69, 9.17) is 6.42 Å². The largest absolute Gasteiger partial charge is 0.396 e. The summed E-state index contributed by atoms with van der Waals surface area (Å²) in [6.45, 7) is 5.02. The molecule has 24 heavy (non-hydrogen) atoms. The Labute approximate surface area is 147 Å². The van der Waals surface area contributed by atoms with Crippen molar-refractivity contribution in [2.45, 2.75) is 77.2 Å². The summed E-state index contributed by atoms with van der Waals surface area (Å²) in [6.07, 6.45) is 16.8. The highest BCUT2D eigenvalue weighted by Gasteiger charge is 2.61. The van der Waals surface area contributed by atoms with Gasteiger partial charge < -0.3 is 10.2 Å². The van der Waals surface area contributed by atoms with E-state index in [9.17, 15) is 10.2 Å². The van der Waals surface area contributed by atoms with Crippen LogP contribution in [0, 0.1) is 52.8 Å². The molecule has 0 aromatic heterocycles. The third kappa shape index (κ3) is 2.17. The minimum absolute atomic E-state index is 0.0154. The molecule has 4 aliphatic rings. The maximum absolute atomic E-state index is 10.9. The molecule has 4 fully saturated rings. The number of hydrogen-bond acceptors (Lipinski definition) is 2. The predicted molar refractivity (Wildman–Crippen MR) is 96.1 cm³/mol. The molecule has 4 aliphatic carbocycles. The topological polar surface area (TPSA) is 40.5 Å². The Morgan fingerprint density at radius 2 is 1.83 bits per heavy atom. The van der Waals surface area contributed by atoms with Gasteiger partial charge in [0.25, 0.3) is 0 Å². The summed E-state index contributed by atoms with van der Waals surface area (Å²) >= 11 is 0. The Kier molecular flexibility index (Phi) is 3.87. The molecule has 0 aromatic rings. The highest BCUT2D eigenvalue weighted by Crippen LogP contribution is 2.67. The number of hydrogen-bond donors (Lipinski definition) is 2. The molecular formula is C22H34O2. The van der Waals surface area contributed by atoms with Gasteiger partial charge in [0.05, 0.1) is 0 Å². The molecule has 8 atom stereocenters. The number of fused-ring (bicyclic) bond motifs is 5. The van der Waals surface area contributed by atoms with Crippen molar-refractivity contribution in [1.82, 2.24) is 0 Å². The van der Waals surface area contributed by atoms with Crippen LogP contribution >= 0.6 is 0 Å². The van der Waals surface area contributed by atoms with Gasteiger partial charge in [-0.05, 0) is 85.9 Å². The maximum Gasteiger partial charge on any atom is 0.130 e. The quantitative estimate of drug-likeness (QED) is 0.713. The summed E-state index contributed by atoms with van der Waals surface area (Å²) in [5, 5.41) is 20.8. The van der Waals surface area contributed by atoms with E-state index in [0.29, 0.717) is 17.8 Å². The van der Waals surface area contributed by atoms with Crippen LogP contribution in [0.3, 0.4) is 0 Å². The van der Waals surface area contributed by atoms with Crippen LogP contribution < -0.4 is 0 Å². The summed E-state index contributed by atoms with van der Waals surface area (Å²) in [4.78, 5) is 0. The van der Waals surface area contributed by atoms with Crippen LogP contribution in [0.25, 0.3) is 0 Å². The summed E-state index contributed by atoms with van der Waals surface area (Å²) in [5.41, 5.74) is -0.249. The summed E-state index contributed by atoms with van der Waals surface area (Å²) in [6, 6.07) is 0. The van der Waals surface area contributed by atoms with Gasteiger partial charge in [-0.25, -0.2) is 0 Å². The first-order valence-corrected chi connectivity index (χ1v) is 10.2. The minimum atomic E-state index is -1.09. The molecule has 0 heterocycles. The minimum Gasteiger partial charge on any atom is -0.396 e. The fraction of sp³-hybridized carbons (Fsp3) is 0.909. The van der Waals surface area contributed by atoms with Crippen molar-refractivity contribution in [2.75, 3.05) is 6.61 Å². The van der Waals surface area contributed by atoms with Crippen molar-refractivity contribution < 1.29 is 10.2 Å². The maximum atomic E-state index is 10.9. The van der Waals surface area contributed by atoms with Crippen LogP contribution in [0.4, 0.5) is 0 Å². The lowest BCUT2D eigenvalue weighted by Gasteiger charge is -2.62. The number of terminal acetylenes is 1. The zero-order chi connectivity index (χ0) is 17.2. The average molecular weight is 331 g/mol. The molecule has 2 nitrogen and oxygen atoms in total. The Bertz CT molecular complexity index is 551. The summed E-state index contributed by atoms with van der Waals surface area (Å²) in [5.74, 6) is 5.55. The lowest BCUT2D eigenvalue weighted by atomic mass is 9.43.